The first kappa shape index (κ1) is 21.9. The number of nitrogens with zero attached hydrogens (tertiary/aromatic N) is 2. The van der Waals surface area contributed by atoms with Crippen molar-refractivity contribution in [3.8, 4) is 0 Å². The number of furan rings is 1. The topological polar surface area (TPSA) is 82.9 Å². The summed E-state index contributed by atoms with van der Waals surface area (Å²) >= 11 is 0. The van der Waals surface area contributed by atoms with Crippen LogP contribution in [0.3, 0.4) is 0 Å². The highest BCUT2D eigenvalue weighted by Crippen LogP contribution is 2.16. The van der Waals surface area contributed by atoms with E-state index in [9.17, 15) is 13.2 Å². The Labute approximate surface area is 188 Å². The number of benzene rings is 2. The zero-order valence-electron chi connectivity index (χ0n) is 17.6. The van der Waals surface area contributed by atoms with Crippen LogP contribution in [0.5, 0.6) is 0 Å². The van der Waals surface area contributed by atoms with Crippen molar-refractivity contribution in [1.82, 2.24) is 9.62 Å². The van der Waals surface area contributed by atoms with Gasteiger partial charge in [0.25, 0.3) is 0 Å². The highest BCUT2D eigenvalue weighted by molar-refractivity contribution is 7.89. The number of carbonyl (C=O) groups is 1. The number of piperazine rings is 1. The Balaban J connectivity index is 1.28. The monoisotopic (exact) mass is 451 g/mol. The number of carbonyl (C=O) groups excluding carboxylic acids is 1. The fourth-order valence-electron chi connectivity index (χ4n) is 3.51. The van der Waals surface area contributed by atoms with E-state index >= 15 is 0 Å². The molecule has 8 heteroatoms. The average Bonchev–Trinajstić information content (AvgIpc) is 3.30. The number of nitrogens with one attached hydrogen (secondary N) is 1. The zero-order valence-corrected chi connectivity index (χ0v) is 18.4. The predicted molar refractivity (Wildman–Crippen MR) is 123 cm³/mol. The highest BCUT2D eigenvalue weighted by Gasteiger charge is 2.20. The lowest BCUT2D eigenvalue weighted by atomic mass is 10.2. The normalized spacial score (nSPS) is 14.8. The van der Waals surface area contributed by atoms with Gasteiger partial charge in [0.15, 0.2) is 0 Å². The van der Waals surface area contributed by atoms with Gasteiger partial charge in [0.2, 0.25) is 15.9 Å². The van der Waals surface area contributed by atoms with Crippen molar-refractivity contribution >= 4 is 27.7 Å². The molecule has 1 saturated heterocycles. The lowest BCUT2D eigenvalue weighted by molar-refractivity contribution is -0.126. The number of rotatable bonds is 7. The maximum absolute atomic E-state index is 12.5. The molecular formula is C24H25N3O4S. The van der Waals surface area contributed by atoms with Crippen LogP contribution >= 0.6 is 0 Å². The summed E-state index contributed by atoms with van der Waals surface area (Å²) in [4.78, 5) is 16.8. The largest absolute Gasteiger partial charge is 0.460 e. The molecule has 2 aromatic carbocycles. The van der Waals surface area contributed by atoms with Crippen LogP contribution in [0.4, 0.5) is 5.69 Å². The van der Waals surface area contributed by atoms with E-state index in [4.69, 9.17) is 4.42 Å². The van der Waals surface area contributed by atoms with E-state index in [1.807, 2.05) is 23.1 Å². The predicted octanol–water partition coefficient (Wildman–Crippen LogP) is 3.12. The van der Waals surface area contributed by atoms with Crippen LogP contribution < -0.4 is 9.62 Å². The molecule has 0 unspecified atom stereocenters. The Morgan fingerprint density at radius 1 is 0.906 bits per heavy atom. The molecule has 1 aromatic heterocycles. The maximum atomic E-state index is 12.5. The molecule has 0 saturated carbocycles. The fraction of sp³-hybridized carbons (Fsp3) is 0.208. The van der Waals surface area contributed by atoms with Gasteiger partial charge in [-0.15, -0.1) is 0 Å². The summed E-state index contributed by atoms with van der Waals surface area (Å²) in [6.07, 6.45) is 3.11. The summed E-state index contributed by atoms with van der Waals surface area (Å²) in [6.45, 7) is 2.91. The molecule has 1 aliphatic rings. The van der Waals surface area contributed by atoms with Gasteiger partial charge in [-0.1, -0.05) is 36.4 Å². The third-order valence-corrected chi connectivity index (χ3v) is 6.69. The third-order valence-electron chi connectivity index (χ3n) is 5.28. The summed E-state index contributed by atoms with van der Waals surface area (Å²) in [6, 6.07) is 21.7. The summed E-state index contributed by atoms with van der Waals surface area (Å²) in [5.41, 5.74) is 1.17. The molecular weight excluding hydrogens is 426 g/mol. The van der Waals surface area contributed by atoms with E-state index in [-0.39, 0.29) is 17.3 Å². The van der Waals surface area contributed by atoms with Crippen molar-refractivity contribution in [2.24, 2.45) is 0 Å². The molecule has 0 spiro atoms. The molecule has 0 aliphatic carbocycles. The molecule has 4 rings (SSSR count). The Bertz CT molecular complexity index is 1170. The Morgan fingerprint density at radius 2 is 1.56 bits per heavy atom. The van der Waals surface area contributed by atoms with Crippen LogP contribution in [0, 0.1) is 0 Å². The van der Waals surface area contributed by atoms with Crippen LogP contribution in [-0.2, 0) is 21.4 Å². The van der Waals surface area contributed by atoms with Gasteiger partial charge < -0.3 is 14.2 Å². The number of hydrogen-bond donors (Lipinski definition) is 1. The first-order valence-electron chi connectivity index (χ1n) is 10.4. The van der Waals surface area contributed by atoms with Gasteiger partial charge >= 0.3 is 0 Å². The second-order valence-corrected chi connectivity index (χ2v) is 9.19. The minimum Gasteiger partial charge on any atom is -0.460 e. The molecule has 7 nitrogen and oxygen atoms in total. The Kier molecular flexibility index (Phi) is 6.72. The number of amides is 1. The summed E-state index contributed by atoms with van der Waals surface area (Å²) < 4.78 is 32.7. The van der Waals surface area contributed by atoms with Gasteiger partial charge in [0, 0.05) is 37.9 Å². The van der Waals surface area contributed by atoms with Crippen molar-refractivity contribution in [2.45, 2.75) is 11.4 Å². The van der Waals surface area contributed by atoms with Gasteiger partial charge in [-0.3, -0.25) is 4.79 Å². The van der Waals surface area contributed by atoms with Gasteiger partial charge in [-0.2, -0.15) is 0 Å². The molecule has 32 heavy (non-hydrogen) atoms. The molecule has 2 heterocycles. The fourth-order valence-corrected chi connectivity index (χ4v) is 4.53. The van der Waals surface area contributed by atoms with Crippen molar-refractivity contribution in [1.29, 1.82) is 0 Å². The second-order valence-electron chi connectivity index (χ2n) is 7.42. The molecule has 166 valence electrons. The minimum absolute atomic E-state index is 0.0282. The molecule has 0 atom stereocenters. The summed E-state index contributed by atoms with van der Waals surface area (Å²) in [5.74, 6) is 0.892. The summed E-state index contributed by atoms with van der Waals surface area (Å²) in [7, 11) is -3.61. The lowest BCUT2D eigenvalue weighted by Gasteiger charge is -2.35. The average molecular weight is 452 g/mol. The van der Waals surface area contributed by atoms with Gasteiger partial charge in [0.05, 0.1) is 11.4 Å². The van der Waals surface area contributed by atoms with Crippen molar-refractivity contribution < 1.29 is 17.6 Å². The molecule has 1 fully saturated rings. The van der Waals surface area contributed by atoms with Gasteiger partial charge in [-0.25, -0.2) is 13.1 Å². The molecule has 3 aromatic rings. The van der Waals surface area contributed by atoms with Crippen molar-refractivity contribution in [3.63, 3.8) is 0 Å². The van der Waals surface area contributed by atoms with Gasteiger partial charge in [0.1, 0.15) is 11.5 Å². The second kappa shape index (κ2) is 9.84. The Hall–Kier alpha value is -3.36. The third kappa shape index (κ3) is 5.46. The van der Waals surface area contributed by atoms with E-state index in [2.05, 4.69) is 21.8 Å². The zero-order chi connectivity index (χ0) is 22.4. The summed E-state index contributed by atoms with van der Waals surface area (Å²) in [5, 5.41) is 0. The molecule has 0 radical (unpaired) electrons. The standard InChI is InChI=1S/C24H25N3O4S/c28-24(27-17-15-26(16-18-27)20-7-3-1-4-8-20)14-13-21-11-12-22(31-21)19-25-32(29,30)23-9-5-2-6-10-23/h1-14,25H,15-19H2/b14-13+. The smallest absolute Gasteiger partial charge is 0.246 e. The molecule has 1 N–H and O–H groups in total. The van der Waals surface area contributed by atoms with E-state index in [1.54, 1.807) is 36.4 Å². The van der Waals surface area contributed by atoms with Crippen LogP contribution in [0.15, 0.2) is 88.2 Å². The first-order chi connectivity index (χ1) is 15.5. The number of para-hydroxylation sites is 1. The maximum Gasteiger partial charge on any atom is 0.246 e. The Morgan fingerprint density at radius 3 is 2.25 bits per heavy atom. The van der Waals surface area contributed by atoms with E-state index in [0.29, 0.717) is 24.6 Å². The van der Waals surface area contributed by atoms with Crippen LogP contribution in [0.2, 0.25) is 0 Å². The molecule has 1 amide bonds. The van der Waals surface area contributed by atoms with E-state index in [1.165, 1.54) is 23.9 Å². The number of anilines is 1. The quantitative estimate of drug-likeness (QED) is 0.558. The highest BCUT2D eigenvalue weighted by atomic mass is 32.2. The SMILES string of the molecule is O=C(/C=C/c1ccc(CNS(=O)(=O)c2ccccc2)o1)N1CCN(c2ccccc2)CC1. The van der Waals surface area contributed by atoms with E-state index < -0.39 is 10.0 Å². The van der Waals surface area contributed by atoms with Crippen molar-refractivity contribution in [3.05, 3.63) is 90.4 Å². The lowest BCUT2D eigenvalue weighted by Crippen LogP contribution is -2.48. The van der Waals surface area contributed by atoms with Crippen molar-refractivity contribution in [2.75, 3.05) is 31.1 Å². The number of hydrogen-bond acceptors (Lipinski definition) is 5. The van der Waals surface area contributed by atoms with E-state index in [0.717, 1.165) is 13.1 Å². The van der Waals surface area contributed by atoms with Crippen LogP contribution in [-0.4, -0.2) is 45.4 Å². The first-order valence-corrected chi connectivity index (χ1v) is 11.9. The van der Waals surface area contributed by atoms with Gasteiger partial charge in [-0.05, 0) is 42.5 Å². The van der Waals surface area contributed by atoms with Crippen LogP contribution in [0.1, 0.15) is 11.5 Å². The van der Waals surface area contributed by atoms with Crippen LogP contribution in [0.25, 0.3) is 6.08 Å². The number of sulfonamides is 1. The molecule has 1 aliphatic heterocycles. The molecule has 0 bridgehead atoms. The minimum atomic E-state index is -3.61.